The van der Waals surface area contributed by atoms with Crippen LogP contribution < -0.4 is 0 Å². The maximum atomic E-state index is 13.3. The summed E-state index contributed by atoms with van der Waals surface area (Å²) in [5.41, 5.74) is 1.28. The fraction of sp³-hybridized carbons (Fsp3) is 0.100. The number of hydrogen-bond acceptors (Lipinski definition) is 1. The quantitative estimate of drug-likeness (QED) is 0.770. The van der Waals surface area contributed by atoms with E-state index in [1.807, 2.05) is 6.92 Å². The molecule has 0 atom stereocenters. The monoisotopic (exact) mass is 210 g/mol. The SMILES string of the molecule is Cc1cnc(-c2cc(Cl)ccc2F)[nH]1. The van der Waals surface area contributed by atoms with Gasteiger partial charge >= 0.3 is 0 Å². The molecule has 0 aliphatic heterocycles. The minimum Gasteiger partial charge on any atom is -0.342 e. The van der Waals surface area contributed by atoms with E-state index in [1.54, 1.807) is 12.3 Å². The van der Waals surface area contributed by atoms with Crippen LogP contribution in [0.4, 0.5) is 4.39 Å². The van der Waals surface area contributed by atoms with Crippen LogP contribution in [0.3, 0.4) is 0 Å². The Bertz CT molecular complexity index is 465. The lowest BCUT2D eigenvalue weighted by Gasteiger charge is -1.99. The minimum absolute atomic E-state index is 0.330. The second-order valence-electron chi connectivity index (χ2n) is 3.04. The van der Waals surface area contributed by atoms with Crippen molar-refractivity contribution in [3.05, 3.63) is 40.9 Å². The van der Waals surface area contributed by atoms with E-state index in [2.05, 4.69) is 9.97 Å². The van der Waals surface area contributed by atoms with Crippen molar-refractivity contribution in [2.75, 3.05) is 0 Å². The van der Waals surface area contributed by atoms with Crippen molar-refractivity contribution in [2.24, 2.45) is 0 Å². The molecule has 2 aromatic rings. The first-order chi connectivity index (χ1) is 6.66. The number of hydrogen-bond donors (Lipinski definition) is 1. The average Bonchev–Trinajstić information content (AvgIpc) is 2.56. The molecule has 72 valence electrons. The van der Waals surface area contributed by atoms with E-state index >= 15 is 0 Å². The van der Waals surface area contributed by atoms with E-state index < -0.39 is 0 Å². The Morgan fingerprint density at radius 2 is 2.21 bits per heavy atom. The average molecular weight is 211 g/mol. The molecule has 2 nitrogen and oxygen atoms in total. The number of rotatable bonds is 1. The van der Waals surface area contributed by atoms with Gasteiger partial charge in [-0.15, -0.1) is 0 Å². The van der Waals surface area contributed by atoms with Crippen molar-refractivity contribution < 1.29 is 4.39 Å². The summed E-state index contributed by atoms with van der Waals surface area (Å²) in [6.45, 7) is 1.86. The smallest absolute Gasteiger partial charge is 0.140 e. The highest BCUT2D eigenvalue weighted by atomic mass is 35.5. The predicted octanol–water partition coefficient (Wildman–Crippen LogP) is 3.18. The maximum Gasteiger partial charge on any atom is 0.140 e. The molecule has 14 heavy (non-hydrogen) atoms. The normalized spacial score (nSPS) is 10.5. The van der Waals surface area contributed by atoms with E-state index in [0.29, 0.717) is 16.4 Å². The number of aromatic amines is 1. The van der Waals surface area contributed by atoms with Gasteiger partial charge in [-0.25, -0.2) is 9.37 Å². The van der Waals surface area contributed by atoms with Crippen molar-refractivity contribution in [1.82, 2.24) is 9.97 Å². The van der Waals surface area contributed by atoms with Crippen molar-refractivity contribution in [2.45, 2.75) is 6.92 Å². The Morgan fingerprint density at radius 3 is 2.86 bits per heavy atom. The molecule has 1 aromatic heterocycles. The molecule has 4 heteroatoms. The number of imidazole rings is 1. The molecule has 0 unspecified atom stereocenters. The molecule has 0 bridgehead atoms. The lowest BCUT2D eigenvalue weighted by molar-refractivity contribution is 0.630. The fourth-order valence-corrected chi connectivity index (χ4v) is 1.40. The van der Waals surface area contributed by atoms with Gasteiger partial charge in [-0.2, -0.15) is 0 Å². The van der Waals surface area contributed by atoms with Crippen LogP contribution in [-0.2, 0) is 0 Å². The summed E-state index contributed by atoms with van der Waals surface area (Å²) in [5, 5.41) is 0.496. The predicted molar refractivity (Wildman–Crippen MR) is 53.7 cm³/mol. The van der Waals surface area contributed by atoms with E-state index in [4.69, 9.17) is 11.6 Å². The van der Waals surface area contributed by atoms with Crippen LogP contribution >= 0.6 is 11.6 Å². The number of nitrogens with one attached hydrogen (secondary N) is 1. The summed E-state index contributed by atoms with van der Waals surface area (Å²) >= 11 is 5.77. The Balaban J connectivity index is 2.55. The number of aromatic nitrogens is 2. The van der Waals surface area contributed by atoms with Gasteiger partial charge in [-0.05, 0) is 25.1 Å². The Morgan fingerprint density at radius 1 is 1.43 bits per heavy atom. The van der Waals surface area contributed by atoms with Gasteiger partial charge in [0.15, 0.2) is 0 Å². The van der Waals surface area contributed by atoms with E-state index in [-0.39, 0.29) is 5.82 Å². The van der Waals surface area contributed by atoms with Gasteiger partial charge < -0.3 is 4.98 Å². The Kier molecular flexibility index (Phi) is 2.25. The fourth-order valence-electron chi connectivity index (χ4n) is 1.23. The van der Waals surface area contributed by atoms with E-state index in [9.17, 15) is 4.39 Å². The Hall–Kier alpha value is -1.35. The first kappa shape index (κ1) is 9.21. The standard InChI is InChI=1S/C10H8ClFN2/c1-6-5-13-10(14-6)8-4-7(11)2-3-9(8)12/h2-5H,1H3,(H,13,14). The number of H-pyrrole nitrogens is 1. The van der Waals surface area contributed by atoms with Crippen LogP contribution in [0, 0.1) is 12.7 Å². The lowest BCUT2D eigenvalue weighted by atomic mass is 10.2. The molecule has 0 amide bonds. The summed E-state index contributed by atoms with van der Waals surface area (Å²) in [6, 6.07) is 4.39. The summed E-state index contributed by atoms with van der Waals surface area (Å²) in [5.74, 6) is 0.172. The van der Waals surface area contributed by atoms with Crippen molar-refractivity contribution in [3.63, 3.8) is 0 Å². The molecule has 1 aromatic carbocycles. The molecular formula is C10H8ClFN2. The zero-order chi connectivity index (χ0) is 10.1. The van der Waals surface area contributed by atoms with Gasteiger partial charge in [-0.3, -0.25) is 0 Å². The Labute approximate surface area is 85.8 Å². The second kappa shape index (κ2) is 3.42. The second-order valence-corrected chi connectivity index (χ2v) is 3.48. The highest BCUT2D eigenvalue weighted by Gasteiger charge is 2.08. The number of halogens is 2. The molecule has 0 fully saturated rings. The first-order valence-electron chi connectivity index (χ1n) is 4.14. The van der Waals surface area contributed by atoms with Gasteiger partial charge in [0.2, 0.25) is 0 Å². The van der Waals surface area contributed by atoms with Gasteiger partial charge in [0.1, 0.15) is 11.6 Å². The zero-order valence-electron chi connectivity index (χ0n) is 7.51. The van der Waals surface area contributed by atoms with Crippen LogP contribution in [0.15, 0.2) is 24.4 Å². The van der Waals surface area contributed by atoms with E-state index in [1.165, 1.54) is 12.1 Å². The van der Waals surface area contributed by atoms with Crippen LogP contribution in [-0.4, -0.2) is 9.97 Å². The first-order valence-corrected chi connectivity index (χ1v) is 4.51. The molecule has 0 aliphatic rings. The van der Waals surface area contributed by atoms with Gasteiger partial charge in [0, 0.05) is 16.9 Å². The van der Waals surface area contributed by atoms with Crippen molar-refractivity contribution in [3.8, 4) is 11.4 Å². The number of benzene rings is 1. The van der Waals surface area contributed by atoms with Crippen LogP contribution in [0.1, 0.15) is 5.69 Å². The topological polar surface area (TPSA) is 28.7 Å². The molecule has 0 aliphatic carbocycles. The van der Waals surface area contributed by atoms with Gasteiger partial charge in [0.05, 0.1) is 5.56 Å². The number of aryl methyl sites for hydroxylation is 1. The highest BCUT2D eigenvalue weighted by Crippen LogP contribution is 2.23. The van der Waals surface area contributed by atoms with Gasteiger partial charge in [0.25, 0.3) is 0 Å². The van der Waals surface area contributed by atoms with E-state index in [0.717, 1.165) is 5.69 Å². The van der Waals surface area contributed by atoms with Crippen LogP contribution in [0.5, 0.6) is 0 Å². The third-order valence-corrected chi connectivity index (χ3v) is 2.12. The van der Waals surface area contributed by atoms with Gasteiger partial charge in [-0.1, -0.05) is 11.6 Å². The largest absolute Gasteiger partial charge is 0.342 e. The molecule has 1 heterocycles. The molecule has 0 saturated heterocycles. The van der Waals surface area contributed by atoms with Crippen molar-refractivity contribution >= 4 is 11.6 Å². The third-order valence-electron chi connectivity index (χ3n) is 1.89. The molecule has 2 rings (SSSR count). The summed E-state index contributed by atoms with van der Waals surface area (Å²) in [7, 11) is 0. The third kappa shape index (κ3) is 1.63. The summed E-state index contributed by atoms with van der Waals surface area (Å²) in [6.07, 6.45) is 1.65. The lowest BCUT2D eigenvalue weighted by Crippen LogP contribution is -1.86. The molecular weight excluding hydrogens is 203 g/mol. The van der Waals surface area contributed by atoms with Crippen molar-refractivity contribution in [1.29, 1.82) is 0 Å². The zero-order valence-corrected chi connectivity index (χ0v) is 8.27. The minimum atomic E-state index is -0.330. The van der Waals surface area contributed by atoms with Crippen LogP contribution in [0.2, 0.25) is 5.02 Å². The van der Waals surface area contributed by atoms with Crippen LogP contribution in [0.25, 0.3) is 11.4 Å². The maximum absolute atomic E-state index is 13.3. The molecule has 1 N–H and O–H groups in total. The highest BCUT2D eigenvalue weighted by molar-refractivity contribution is 6.30. The molecule has 0 saturated carbocycles. The number of nitrogens with zero attached hydrogens (tertiary/aromatic N) is 1. The summed E-state index contributed by atoms with van der Waals surface area (Å²) < 4.78 is 13.3. The molecule has 0 spiro atoms. The summed E-state index contributed by atoms with van der Waals surface area (Å²) in [4.78, 5) is 6.98. The molecule has 0 radical (unpaired) electrons.